The van der Waals surface area contributed by atoms with Crippen LogP contribution < -0.4 is 0 Å². The first-order chi connectivity index (χ1) is 11.9. The second-order valence-corrected chi connectivity index (χ2v) is 20.6. The van der Waals surface area contributed by atoms with Crippen molar-refractivity contribution in [2.24, 2.45) is 0 Å². The number of allylic oxidation sites excluding steroid dienone is 1. The van der Waals surface area contributed by atoms with Crippen molar-refractivity contribution in [1.82, 2.24) is 0 Å². The molecule has 0 spiro atoms. The molecule has 0 radical (unpaired) electrons. The van der Waals surface area contributed by atoms with Gasteiger partial charge < -0.3 is 0 Å². The van der Waals surface area contributed by atoms with E-state index in [-0.39, 0.29) is 5.56 Å². The van der Waals surface area contributed by atoms with Crippen LogP contribution in [0.4, 0.5) is 8.78 Å². The van der Waals surface area contributed by atoms with Crippen LogP contribution in [0, 0.1) is 0 Å². The van der Waals surface area contributed by atoms with Gasteiger partial charge in [-0.1, -0.05) is 0 Å². The molecule has 142 valence electrons. The van der Waals surface area contributed by atoms with Crippen LogP contribution in [0.1, 0.15) is 64.9 Å². The van der Waals surface area contributed by atoms with Gasteiger partial charge in [-0.25, -0.2) is 0 Å². The van der Waals surface area contributed by atoms with Crippen molar-refractivity contribution in [3.8, 4) is 0 Å². The molecule has 0 aromatic heterocycles. The Balaban J connectivity index is 3.05. The first-order valence-corrected chi connectivity index (χ1v) is 17.8. The van der Waals surface area contributed by atoms with Crippen LogP contribution in [0.15, 0.2) is 34.4 Å². The topological polar surface area (TPSA) is 0 Å². The van der Waals surface area contributed by atoms with E-state index in [1.54, 1.807) is 12.1 Å². The van der Waals surface area contributed by atoms with Gasteiger partial charge in [0.05, 0.1) is 0 Å². The molecule has 25 heavy (non-hydrogen) atoms. The molecule has 1 rings (SSSR count). The van der Waals surface area contributed by atoms with Gasteiger partial charge in [0.1, 0.15) is 0 Å². The molecule has 0 bridgehead atoms. The summed E-state index contributed by atoms with van der Waals surface area (Å²) >= 11 is 3.16. The van der Waals surface area contributed by atoms with Crippen LogP contribution in [0.25, 0.3) is 0 Å². The van der Waals surface area contributed by atoms with E-state index >= 15 is 0 Å². The molecule has 0 N–H and O–H groups in total. The van der Waals surface area contributed by atoms with Crippen LogP contribution in [0.5, 0.6) is 0 Å². The molecule has 0 aliphatic heterocycles. The first kappa shape index (κ1) is 22.9. The number of rotatable bonds is 12. The molecule has 0 saturated carbocycles. The van der Waals surface area contributed by atoms with Gasteiger partial charge in [0.25, 0.3) is 0 Å². The monoisotopic (exact) mass is 478 g/mol. The number of hydrogen-bond acceptors (Lipinski definition) is 0. The molecular formula is C21H33ClF2Sn. The fraction of sp³-hybridized carbons (Fsp3) is 0.619. The Labute approximate surface area is 161 Å². The molecule has 1 aromatic rings. The molecule has 0 fully saturated rings. The third kappa shape index (κ3) is 7.99. The third-order valence-electron chi connectivity index (χ3n) is 4.96. The molecule has 0 aliphatic rings. The van der Waals surface area contributed by atoms with E-state index in [2.05, 4.69) is 20.8 Å². The molecule has 1 aromatic carbocycles. The first-order valence-electron chi connectivity index (χ1n) is 9.73. The van der Waals surface area contributed by atoms with Crippen molar-refractivity contribution in [3.05, 3.63) is 45.0 Å². The van der Waals surface area contributed by atoms with Gasteiger partial charge in [-0.2, -0.15) is 0 Å². The Bertz CT molecular complexity index is 489. The van der Waals surface area contributed by atoms with Crippen LogP contribution >= 0.6 is 11.6 Å². The minimum atomic E-state index is -2.91. The predicted molar refractivity (Wildman–Crippen MR) is 109 cm³/mol. The van der Waals surface area contributed by atoms with Crippen molar-refractivity contribution in [1.29, 1.82) is 0 Å². The zero-order valence-electron chi connectivity index (χ0n) is 16.0. The van der Waals surface area contributed by atoms with Crippen LogP contribution in [0.3, 0.4) is 0 Å². The summed E-state index contributed by atoms with van der Waals surface area (Å²) in [5.74, 6) is -2.91. The summed E-state index contributed by atoms with van der Waals surface area (Å²) < 4.78 is 35.0. The molecule has 0 amide bonds. The summed E-state index contributed by atoms with van der Waals surface area (Å²) in [6, 6.07) is 5.96. The number of benzene rings is 1. The Morgan fingerprint density at radius 3 is 1.72 bits per heavy atom. The van der Waals surface area contributed by atoms with Crippen molar-refractivity contribution in [2.75, 3.05) is 0 Å². The Kier molecular flexibility index (Phi) is 10.6. The third-order valence-corrected chi connectivity index (χ3v) is 19.3. The summed E-state index contributed by atoms with van der Waals surface area (Å²) in [5.41, 5.74) is 0.0369. The number of halogens is 3. The van der Waals surface area contributed by atoms with Crippen molar-refractivity contribution < 1.29 is 8.78 Å². The minimum absolute atomic E-state index is 0.0369. The molecule has 4 heteroatoms. The van der Waals surface area contributed by atoms with Crippen molar-refractivity contribution in [3.63, 3.8) is 0 Å². The fourth-order valence-corrected chi connectivity index (χ4v) is 17.6. The average Bonchev–Trinajstić information content (AvgIpc) is 2.61. The van der Waals surface area contributed by atoms with E-state index in [0.717, 1.165) is 19.3 Å². The Hall–Kier alpha value is -0.0913. The molecule has 0 heterocycles. The summed E-state index contributed by atoms with van der Waals surface area (Å²) in [6.07, 6.45) is 8.23. The SMILES string of the molecule is CCC[CH2][Sn](/[CH]=C\C(F)(F)c1ccc(Cl)cc1)([CH2]CCC)[CH2]CCC. The number of alkyl halides is 2. The summed E-state index contributed by atoms with van der Waals surface area (Å²) in [7, 11) is 0. The van der Waals surface area contributed by atoms with Crippen LogP contribution in [-0.4, -0.2) is 18.4 Å². The van der Waals surface area contributed by atoms with Gasteiger partial charge in [-0.3, -0.25) is 0 Å². The zero-order valence-corrected chi connectivity index (χ0v) is 19.6. The van der Waals surface area contributed by atoms with Crippen molar-refractivity contribution in [2.45, 2.75) is 78.5 Å². The second-order valence-electron chi connectivity index (χ2n) is 7.14. The van der Waals surface area contributed by atoms with Gasteiger partial charge in [0.2, 0.25) is 0 Å². The summed E-state index contributed by atoms with van der Waals surface area (Å²) in [6.45, 7) is 6.59. The molecular weight excluding hydrogens is 444 g/mol. The quantitative estimate of drug-likeness (QED) is 0.265. The fourth-order valence-electron chi connectivity index (χ4n) is 3.26. The van der Waals surface area contributed by atoms with Gasteiger partial charge in [0.15, 0.2) is 0 Å². The maximum atomic E-state index is 14.7. The normalized spacial score (nSPS) is 12.9. The van der Waals surface area contributed by atoms with Gasteiger partial charge >= 0.3 is 162 Å². The van der Waals surface area contributed by atoms with Crippen LogP contribution in [0.2, 0.25) is 18.3 Å². The van der Waals surface area contributed by atoms with E-state index in [4.69, 9.17) is 11.6 Å². The van der Waals surface area contributed by atoms with Gasteiger partial charge in [-0.05, 0) is 0 Å². The average molecular weight is 478 g/mol. The number of unbranched alkanes of at least 4 members (excludes halogenated alkanes) is 3. The second kappa shape index (κ2) is 11.6. The predicted octanol–water partition coefficient (Wildman–Crippen LogP) is 8.38. The van der Waals surface area contributed by atoms with E-state index in [9.17, 15) is 8.78 Å². The van der Waals surface area contributed by atoms with Crippen molar-refractivity contribution >= 4 is 30.0 Å². The molecule has 0 nitrogen and oxygen atoms in total. The van der Waals surface area contributed by atoms with Gasteiger partial charge in [-0.15, -0.1) is 0 Å². The molecule has 0 atom stereocenters. The maximum absolute atomic E-state index is 14.7. The Morgan fingerprint density at radius 1 is 0.880 bits per heavy atom. The van der Waals surface area contributed by atoms with E-state index < -0.39 is 24.3 Å². The number of hydrogen-bond donors (Lipinski definition) is 0. The standard InChI is InChI=1S/C9H6ClF2.3C4H9.Sn/c1-2-9(11,12)7-3-5-8(10)6-4-7;3*1-3-4-2;/h1-6H;3*1,3-4H2,2H3;. The summed E-state index contributed by atoms with van der Waals surface area (Å²) in [4.78, 5) is 0. The molecule has 0 unspecified atom stereocenters. The van der Waals surface area contributed by atoms with E-state index in [1.165, 1.54) is 50.8 Å². The zero-order chi connectivity index (χ0) is 18.8. The summed E-state index contributed by atoms with van der Waals surface area (Å²) in [5, 5.41) is 0.492. The van der Waals surface area contributed by atoms with E-state index in [1.807, 2.05) is 4.09 Å². The van der Waals surface area contributed by atoms with E-state index in [0.29, 0.717) is 5.02 Å². The molecule has 0 aliphatic carbocycles. The molecule has 0 saturated heterocycles. The van der Waals surface area contributed by atoms with Crippen LogP contribution in [-0.2, 0) is 5.92 Å². The van der Waals surface area contributed by atoms with Gasteiger partial charge in [0, 0.05) is 0 Å². The Morgan fingerprint density at radius 2 is 1.32 bits per heavy atom.